The minimum atomic E-state index is -3.62. The van der Waals surface area contributed by atoms with Gasteiger partial charge in [0.15, 0.2) is 18.5 Å². The Morgan fingerprint density at radius 3 is 1.50 bits per heavy atom. The summed E-state index contributed by atoms with van der Waals surface area (Å²) in [5.41, 5.74) is 0. The van der Waals surface area contributed by atoms with Crippen LogP contribution < -0.4 is 0 Å². The van der Waals surface area contributed by atoms with E-state index in [-0.39, 0.29) is 26.2 Å². The van der Waals surface area contributed by atoms with Crippen LogP contribution >= 0.6 is 0 Å². The third kappa shape index (κ3) is 4.48. The van der Waals surface area contributed by atoms with Gasteiger partial charge in [-0.25, -0.2) is 26.3 Å². The maximum atomic E-state index is 12.0. The van der Waals surface area contributed by atoms with Crippen molar-refractivity contribution in [2.45, 2.75) is 24.9 Å². The Morgan fingerprint density at radius 2 is 1.25 bits per heavy atom. The van der Waals surface area contributed by atoms with Gasteiger partial charge in [0.05, 0.1) is 0 Å². The quantitative estimate of drug-likeness (QED) is 0.496. The third-order valence-corrected chi connectivity index (χ3v) is 1.04. The first-order valence-electron chi connectivity index (χ1n) is 2.77. The number of halogens is 6. The third-order valence-electron chi connectivity index (χ3n) is 1.04. The van der Waals surface area contributed by atoms with Crippen molar-refractivity contribution in [1.82, 2.24) is 0 Å². The molecule has 0 aromatic rings. The van der Waals surface area contributed by atoms with Crippen LogP contribution in [0.2, 0.25) is 0 Å². The Labute approximate surface area is 84.4 Å². The monoisotopic (exact) mass is 392 g/mol. The van der Waals surface area contributed by atoms with E-state index in [1.807, 2.05) is 0 Å². The van der Waals surface area contributed by atoms with Crippen LogP contribution in [0.15, 0.2) is 0 Å². The molecule has 0 N–H and O–H groups in total. The Morgan fingerprint density at radius 1 is 0.833 bits per heavy atom. The van der Waals surface area contributed by atoms with Crippen LogP contribution in [0.3, 0.4) is 0 Å². The Bertz CT molecular complexity index is 110. The summed E-state index contributed by atoms with van der Waals surface area (Å²) in [7, 11) is 0. The molecule has 0 spiro atoms. The fraction of sp³-hybridized carbons (Fsp3) is 1.00. The van der Waals surface area contributed by atoms with Crippen molar-refractivity contribution in [2.75, 3.05) is 6.67 Å². The predicted octanol–water partition coefficient (Wildman–Crippen LogP) is 1.05. The molecule has 0 radical (unpaired) electrons. The summed E-state index contributed by atoms with van der Waals surface area (Å²) in [5, 5.41) is 0. The molecule has 0 saturated heterocycles. The summed E-state index contributed by atoms with van der Waals surface area (Å²) < 4.78 is 69.4. The van der Waals surface area contributed by atoms with Gasteiger partial charge in [0.25, 0.3) is 6.43 Å². The molecule has 0 aromatic heterocycles. The molecule has 12 heavy (non-hydrogen) atoms. The van der Waals surface area contributed by atoms with E-state index in [9.17, 15) is 26.3 Å². The van der Waals surface area contributed by atoms with Crippen molar-refractivity contribution < 1.29 is 26.3 Å². The van der Waals surface area contributed by atoms with Gasteiger partial charge in [-0.1, -0.05) is 0 Å². The average molecular weight is 392 g/mol. The van der Waals surface area contributed by atoms with E-state index in [2.05, 4.69) is 0 Å². The maximum absolute atomic E-state index is 12.0. The van der Waals surface area contributed by atoms with Crippen LogP contribution in [0.25, 0.3) is 0 Å². The number of hydrogen-bond acceptors (Lipinski definition) is 0. The Kier molecular flexibility index (Phi) is 8.63. The summed E-state index contributed by atoms with van der Waals surface area (Å²) in [6, 6.07) is 0. The van der Waals surface area contributed by atoms with Crippen molar-refractivity contribution in [1.29, 1.82) is 0 Å². The second kappa shape index (κ2) is 6.92. The zero-order valence-corrected chi connectivity index (χ0v) is 11.5. The molecule has 0 bridgehead atoms. The molecular formula is C5H9BiF6. The van der Waals surface area contributed by atoms with E-state index < -0.39 is 31.6 Å². The van der Waals surface area contributed by atoms with Crippen molar-refractivity contribution in [2.24, 2.45) is 0 Å². The van der Waals surface area contributed by atoms with Crippen LogP contribution in [0.1, 0.15) is 0 Å². The van der Waals surface area contributed by atoms with Gasteiger partial charge in [-0.3, -0.25) is 0 Å². The first-order chi connectivity index (χ1) is 5.00. The second-order valence-corrected chi connectivity index (χ2v) is 1.89. The van der Waals surface area contributed by atoms with E-state index in [1.165, 1.54) is 0 Å². The van der Waals surface area contributed by atoms with Gasteiger partial charge in [0.1, 0.15) is 6.67 Å². The van der Waals surface area contributed by atoms with Crippen molar-refractivity contribution in [3.8, 4) is 0 Å². The minimum absolute atomic E-state index is 0. The van der Waals surface area contributed by atoms with E-state index >= 15 is 0 Å². The molecule has 0 heterocycles. The number of rotatable bonds is 4. The molecule has 0 nitrogen and oxygen atoms in total. The van der Waals surface area contributed by atoms with Crippen LogP contribution in [0.5, 0.6) is 0 Å². The number of hydrogen-bond donors (Lipinski definition) is 0. The summed E-state index contributed by atoms with van der Waals surface area (Å²) in [6.07, 6.45) is -12.8. The molecule has 0 aliphatic carbocycles. The standard InChI is InChI=1S/C5H6F6.Bi.3H/c6-1-2(7)3(8)4(9)5(10)11;;;;/h2-5H,1H2;;;;. The first-order valence-corrected chi connectivity index (χ1v) is 2.77. The summed E-state index contributed by atoms with van der Waals surface area (Å²) in [6.45, 7) is -1.80. The Hall–Kier alpha value is 0.463. The fourth-order valence-corrected chi connectivity index (χ4v) is 0.424. The SMILES string of the molecule is FCC(F)C(F)C(F)C(F)F.[BiH3]. The summed E-state index contributed by atoms with van der Waals surface area (Å²) >= 11 is 0. The molecule has 0 aliphatic rings. The molecule has 3 atom stereocenters. The van der Waals surface area contributed by atoms with Gasteiger partial charge in [-0.15, -0.1) is 0 Å². The normalized spacial score (nSPS) is 18.2. The number of alkyl halides is 6. The van der Waals surface area contributed by atoms with Gasteiger partial charge in [-0.2, -0.15) is 0 Å². The van der Waals surface area contributed by atoms with Crippen LogP contribution in [-0.2, 0) is 0 Å². The molecule has 3 unspecified atom stereocenters. The molecule has 0 rings (SSSR count). The van der Waals surface area contributed by atoms with Gasteiger partial charge in [-0.05, 0) is 0 Å². The zero-order valence-electron chi connectivity index (χ0n) is 5.99. The van der Waals surface area contributed by atoms with Gasteiger partial charge < -0.3 is 0 Å². The van der Waals surface area contributed by atoms with Crippen LogP contribution in [-0.4, -0.2) is 57.8 Å². The average Bonchev–Trinajstić information content (AvgIpc) is 2.00. The predicted molar refractivity (Wildman–Crippen MR) is 36.6 cm³/mol. The van der Waals surface area contributed by atoms with Gasteiger partial charge in [0, 0.05) is 0 Å². The molecule has 0 fully saturated rings. The summed E-state index contributed by atoms with van der Waals surface area (Å²) in [5.74, 6) is 0. The molecule has 0 amide bonds. The summed E-state index contributed by atoms with van der Waals surface area (Å²) in [4.78, 5) is 0. The van der Waals surface area contributed by atoms with Crippen molar-refractivity contribution in [3.05, 3.63) is 0 Å². The van der Waals surface area contributed by atoms with E-state index in [4.69, 9.17) is 0 Å². The fourth-order valence-electron chi connectivity index (χ4n) is 0.424. The Balaban J connectivity index is 0. The van der Waals surface area contributed by atoms with E-state index in [0.29, 0.717) is 0 Å². The molecular weight excluding hydrogens is 383 g/mol. The van der Waals surface area contributed by atoms with Crippen molar-refractivity contribution in [3.63, 3.8) is 0 Å². The molecule has 0 aliphatic heterocycles. The van der Waals surface area contributed by atoms with Gasteiger partial charge in [0.2, 0.25) is 0 Å². The molecule has 76 valence electrons. The zero-order chi connectivity index (χ0) is 9.02. The van der Waals surface area contributed by atoms with Crippen molar-refractivity contribution >= 4 is 26.2 Å². The van der Waals surface area contributed by atoms with E-state index in [0.717, 1.165) is 0 Å². The molecule has 0 saturated carbocycles. The second-order valence-electron chi connectivity index (χ2n) is 1.89. The molecule has 7 heteroatoms. The van der Waals surface area contributed by atoms with E-state index in [1.54, 1.807) is 0 Å². The topological polar surface area (TPSA) is 0 Å². The van der Waals surface area contributed by atoms with Gasteiger partial charge >= 0.3 is 26.2 Å². The van der Waals surface area contributed by atoms with Crippen LogP contribution in [0.4, 0.5) is 26.3 Å². The van der Waals surface area contributed by atoms with Crippen LogP contribution in [0, 0.1) is 0 Å². The molecule has 0 aromatic carbocycles. The first kappa shape index (κ1) is 15.0.